The lowest BCUT2D eigenvalue weighted by Crippen LogP contribution is -2.46. The molecule has 0 spiro atoms. The van der Waals surface area contributed by atoms with Gasteiger partial charge in [0.15, 0.2) is 6.10 Å². The highest BCUT2D eigenvalue weighted by atomic mass is 19.4. The Morgan fingerprint density at radius 1 is 1.21 bits per heavy atom. The third kappa shape index (κ3) is 4.79. The molecule has 154 valence electrons. The molecule has 0 aromatic heterocycles. The Morgan fingerprint density at radius 3 is 2.55 bits per heavy atom. The fourth-order valence-corrected chi connectivity index (χ4v) is 2.81. The van der Waals surface area contributed by atoms with Crippen LogP contribution in [0.25, 0.3) is 0 Å². The van der Waals surface area contributed by atoms with Gasteiger partial charge >= 0.3 is 12.1 Å². The molecule has 1 heterocycles. The normalized spacial score (nSPS) is 16.1. The molecule has 6 nitrogen and oxygen atoms in total. The molecule has 9 heteroatoms. The van der Waals surface area contributed by atoms with Crippen LogP contribution >= 0.6 is 0 Å². The van der Waals surface area contributed by atoms with Crippen molar-refractivity contribution in [2.45, 2.75) is 26.1 Å². The summed E-state index contributed by atoms with van der Waals surface area (Å²) in [5.74, 6) is -1.49. The van der Waals surface area contributed by atoms with Gasteiger partial charge in [-0.2, -0.15) is 13.2 Å². The summed E-state index contributed by atoms with van der Waals surface area (Å²) in [6, 6.07) is 11.4. The van der Waals surface area contributed by atoms with Crippen molar-refractivity contribution in [1.82, 2.24) is 0 Å². The number of nitrogens with zero attached hydrogens (tertiary/aromatic N) is 1. The molecule has 29 heavy (non-hydrogen) atoms. The zero-order valence-corrected chi connectivity index (χ0v) is 15.7. The van der Waals surface area contributed by atoms with Crippen molar-refractivity contribution in [2.75, 3.05) is 23.4 Å². The van der Waals surface area contributed by atoms with Gasteiger partial charge in [-0.25, -0.2) is 0 Å². The lowest BCUT2D eigenvalue weighted by Gasteiger charge is -2.33. The minimum Gasteiger partial charge on any atom is -0.492 e. The number of benzene rings is 2. The van der Waals surface area contributed by atoms with E-state index in [1.54, 1.807) is 24.4 Å². The van der Waals surface area contributed by atoms with Gasteiger partial charge in [0, 0.05) is 5.69 Å². The summed E-state index contributed by atoms with van der Waals surface area (Å²) >= 11 is 0. The summed E-state index contributed by atoms with van der Waals surface area (Å²) in [4.78, 5) is 25.1. The smallest absolute Gasteiger partial charge is 0.471 e. The number of ether oxygens (including phenoxy) is 2. The van der Waals surface area contributed by atoms with Crippen LogP contribution in [0.1, 0.15) is 12.5 Å². The van der Waals surface area contributed by atoms with Crippen LogP contribution in [0, 0.1) is 6.92 Å². The number of hydrogen-bond acceptors (Lipinski definition) is 4. The third-order valence-corrected chi connectivity index (χ3v) is 4.29. The standard InChI is InChI=1S/C20H19F3N2O4/c1-12-3-6-15(7-4-12)28-10-9-25-16-11-14(24-19(27)20(21,22)23)5-8-17(16)29-13(2)18(25)26/h3-8,11,13H,9-10H2,1-2H3,(H,24,27). The minimum absolute atomic E-state index is 0.0959. The number of alkyl halides is 3. The molecule has 0 fully saturated rings. The van der Waals surface area contributed by atoms with Gasteiger partial charge in [0.2, 0.25) is 0 Å². The van der Waals surface area contributed by atoms with Crippen LogP contribution in [0.2, 0.25) is 0 Å². The number of hydrogen-bond donors (Lipinski definition) is 1. The SMILES string of the molecule is Cc1ccc(OCCN2C(=O)C(C)Oc3ccc(NC(=O)C(F)(F)F)cc32)cc1. The zero-order valence-electron chi connectivity index (χ0n) is 15.7. The Bertz CT molecular complexity index is 913. The molecule has 1 aliphatic heterocycles. The first-order valence-corrected chi connectivity index (χ1v) is 8.85. The molecule has 3 rings (SSSR count). The Balaban J connectivity index is 1.76. The molecule has 0 aliphatic carbocycles. The quantitative estimate of drug-likeness (QED) is 0.820. The maximum atomic E-state index is 12.5. The summed E-state index contributed by atoms with van der Waals surface area (Å²) in [5.41, 5.74) is 1.25. The number of fused-ring (bicyclic) bond motifs is 1. The molecule has 1 aliphatic rings. The summed E-state index contributed by atoms with van der Waals surface area (Å²) in [7, 11) is 0. The second-order valence-electron chi connectivity index (χ2n) is 6.55. The highest BCUT2D eigenvalue weighted by Crippen LogP contribution is 2.36. The fourth-order valence-electron chi connectivity index (χ4n) is 2.81. The molecule has 1 unspecified atom stereocenters. The Morgan fingerprint density at radius 2 is 1.90 bits per heavy atom. The lowest BCUT2D eigenvalue weighted by molar-refractivity contribution is -0.167. The Labute approximate surface area is 165 Å². The predicted octanol–water partition coefficient (Wildman–Crippen LogP) is 3.69. The molecule has 0 bridgehead atoms. The van der Waals surface area contributed by atoms with Crippen LogP contribution in [-0.4, -0.2) is 37.2 Å². The van der Waals surface area contributed by atoms with E-state index in [1.165, 1.54) is 23.1 Å². The van der Waals surface area contributed by atoms with E-state index in [4.69, 9.17) is 9.47 Å². The van der Waals surface area contributed by atoms with Crippen LogP contribution in [0.3, 0.4) is 0 Å². The first kappa shape index (κ1) is 20.5. The molecule has 2 aromatic carbocycles. The molecular weight excluding hydrogens is 389 g/mol. The average molecular weight is 408 g/mol. The topological polar surface area (TPSA) is 67.9 Å². The number of rotatable bonds is 5. The second kappa shape index (κ2) is 8.02. The van der Waals surface area contributed by atoms with Gasteiger partial charge in [0.25, 0.3) is 5.91 Å². The number of anilines is 2. The molecule has 0 saturated heterocycles. The number of amides is 2. The first-order chi connectivity index (χ1) is 13.6. The lowest BCUT2D eigenvalue weighted by atomic mass is 10.1. The molecule has 2 amide bonds. The van der Waals surface area contributed by atoms with Crippen molar-refractivity contribution in [2.24, 2.45) is 0 Å². The van der Waals surface area contributed by atoms with Crippen LogP contribution < -0.4 is 19.7 Å². The average Bonchev–Trinajstić information content (AvgIpc) is 2.66. The van der Waals surface area contributed by atoms with Gasteiger partial charge in [0.05, 0.1) is 12.2 Å². The van der Waals surface area contributed by atoms with Crippen molar-refractivity contribution in [3.8, 4) is 11.5 Å². The molecule has 2 aromatic rings. The molecule has 1 atom stereocenters. The van der Waals surface area contributed by atoms with E-state index in [0.717, 1.165) is 5.56 Å². The molecular formula is C20H19F3N2O4. The Kier molecular flexibility index (Phi) is 5.67. The van der Waals surface area contributed by atoms with Gasteiger partial charge < -0.3 is 19.7 Å². The summed E-state index contributed by atoms with van der Waals surface area (Å²) < 4.78 is 48.7. The number of carbonyl (C=O) groups excluding carboxylic acids is 2. The molecule has 1 N–H and O–H groups in total. The molecule has 0 saturated carbocycles. The van der Waals surface area contributed by atoms with Crippen LogP contribution in [-0.2, 0) is 9.59 Å². The van der Waals surface area contributed by atoms with Gasteiger partial charge in [0.1, 0.15) is 18.1 Å². The van der Waals surface area contributed by atoms with Gasteiger partial charge in [-0.05, 0) is 44.2 Å². The van der Waals surface area contributed by atoms with Gasteiger partial charge in [-0.15, -0.1) is 0 Å². The second-order valence-corrected chi connectivity index (χ2v) is 6.55. The number of carbonyl (C=O) groups is 2. The van der Waals surface area contributed by atoms with E-state index in [1.807, 2.05) is 19.1 Å². The van der Waals surface area contributed by atoms with Crippen LogP contribution in [0.5, 0.6) is 11.5 Å². The van der Waals surface area contributed by atoms with E-state index in [-0.39, 0.29) is 30.4 Å². The Hall–Kier alpha value is -3.23. The van der Waals surface area contributed by atoms with Crippen molar-refractivity contribution in [3.63, 3.8) is 0 Å². The van der Waals surface area contributed by atoms with Crippen LogP contribution in [0.4, 0.5) is 24.5 Å². The predicted molar refractivity (Wildman–Crippen MR) is 100 cm³/mol. The summed E-state index contributed by atoms with van der Waals surface area (Å²) in [5, 5.41) is 1.78. The van der Waals surface area contributed by atoms with Crippen molar-refractivity contribution >= 4 is 23.2 Å². The van der Waals surface area contributed by atoms with Crippen molar-refractivity contribution < 1.29 is 32.2 Å². The molecule has 0 radical (unpaired) electrons. The number of halogens is 3. The summed E-state index contributed by atoms with van der Waals surface area (Å²) in [6.45, 7) is 3.85. The van der Waals surface area contributed by atoms with Crippen molar-refractivity contribution in [3.05, 3.63) is 48.0 Å². The van der Waals surface area contributed by atoms with Crippen LogP contribution in [0.15, 0.2) is 42.5 Å². The maximum absolute atomic E-state index is 12.5. The van der Waals surface area contributed by atoms with E-state index >= 15 is 0 Å². The summed E-state index contributed by atoms with van der Waals surface area (Å²) in [6.07, 6.45) is -5.77. The van der Waals surface area contributed by atoms with E-state index in [9.17, 15) is 22.8 Å². The van der Waals surface area contributed by atoms with Crippen molar-refractivity contribution in [1.29, 1.82) is 0 Å². The fraction of sp³-hybridized carbons (Fsp3) is 0.300. The number of nitrogens with one attached hydrogen (secondary N) is 1. The maximum Gasteiger partial charge on any atom is 0.471 e. The largest absolute Gasteiger partial charge is 0.492 e. The van der Waals surface area contributed by atoms with E-state index in [2.05, 4.69) is 0 Å². The third-order valence-electron chi connectivity index (χ3n) is 4.29. The first-order valence-electron chi connectivity index (χ1n) is 8.85. The van der Waals surface area contributed by atoms with E-state index in [0.29, 0.717) is 11.5 Å². The minimum atomic E-state index is -5.02. The van der Waals surface area contributed by atoms with Gasteiger partial charge in [-0.1, -0.05) is 17.7 Å². The highest BCUT2D eigenvalue weighted by Gasteiger charge is 2.39. The highest BCUT2D eigenvalue weighted by molar-refractivity contribution is 6.01. The zero-order chi connectivity index (χ0) is 21.2. The monoisotopic (exact) mass is 408 g/mol. The number of aryl methyl sites for hydroxylation is 1. The van der Waals surface area contributed by atoms with E-state index < -0.39 is 18.2 Å². The van der Waals surface area contributed by atoms with Gasteiger partial charge in [-0.3, -0.25) is 9.59 Å².